The first-order valence-electron chi connectivity index (χ1n) is 6.78. The number of nitrogens with zero attached hydrogens (tertiary/aromatic N) is 2. The van der Waals surface area contributed by atoms with E-state index < -0.39 is 20.5 Å². The third kappa shape index (κ3) is 2.91. The van der Waals surface area contributed by atoms with Gasteiger partial charge in [0.05, 0.1) is 26.7 Å². The quantitative estimate of drug-likeness (QED) is 0.542. The Morgan fingerprint density at radius 3 is 2.35 bits per heavy atom. The molecule has 23 heavy (non-hydrogen) atoms. The molecule has 2 aromatic carbocycles. The molecule has 0 saturated heterocycles. The molecule has 0 saturated carbocycles. The monoisotopic (exact) mass is 328 g/mol. The molecule has 0 aliphatic carbocycles. The number of nitro groups is 1. The van der Waals surface area contributed by atoms with Gasteiger partial charge in [0.1, 0.15) is 6.20 Å². The van der Waals surface area contributed by atoms with Crippen molar-refractivity contribution in [1.82, 2.24) is 4.98 Å². The van der Waals surface area contributed by atoms with Gasteiger partial charge >= 0.3 is 0 Å². The van der Waals surface area contributed by atoms with Gasteiger partial charge in [0.25, 0.3) is 5.69 Å². The van der Waals surface area contributed by atoms with Crippen LogP contribution in [0.15, 0.2) is 65.7 Å². The fourth-order valence-electron chi connectivity index (χ4n) is 2.40. The molecule has 6 nitrogen and oxygen atoms in total. The molecule has 0 N–H and O–H groups in total. The first kappa shape index (κ1) is 15.1. The van der Waals surface area contributed by atoms with Crippen molar-refractivity contribution >= 4 is 26.4 Å². The molecule has 3 aromatic rings. The van der Waals surface area contributed by atoms with E-state index in [9.17, 15) is 18.5 Å². The molecular formula is C16H12N2O4S. The highest BCUT2D eigenvalue weighted by Crippen LogP contribution is 2.29. The van der Waals surface area contributed by atoms with E-state index in [0.717, 1.165) is 6.20 Å². The molecule has 0 aliphatic rings. The third-order valence-electron chi connectivity index (χ3n) is 3.50. The van der Waals surface area contributed by atoms with Crippen LogP contribution in [0.3, 0.4) is 0 Å². The number of benzene rings is 2. The predicted octanol–water partition coefficient (Wildman–Crippen LogP) is 3.12. The summed E-state index contributed by atoms with van der Waals surface area (Å²) in [6.45, 7) is 0. The summed E-state index contributed by atoms with van der Waals surface area (Å²) in [5.74, 6) is -0.448. The van der Waals surface area contributed by atoms with Gasteiger partial charge < -0.3 is 0 Å². The van der Waals surface area contributed by atoms with Gasteiger partial charge in [-0.3, -0.25) is 10.1 Å². The van der Waals surface area contributed by atoms with E-state index >= 15 is 0 Å². The van der Waals surface area contributed by atoms with Crippen LogP contribution < -0.4 is 0 Å². The van der Waals surface area contributed by atoms with Crippen LogP contribution in [-0.2, 0) is 15.6 Å². The fourth-order valence-corrected chi connectivity index (χ4v) is 3.82. The van der Waals surface area contributed by atoms with Gasteiger partial charge in [-0.15, -0.1) is 0 Å². The number of aromatic nitrogens is 1. The van der Waals surface area contributed by atoms with Gasteiger partial charge in [0.15, 0.2) is 9.84 Å². The second kappa shape index (κ2) is 5.77. The van der Waals surface area contributed by atoms with E-state index in [-0.39, 0.29) is 16.1 Å². The Hall–Kier alpha value is -2.80. The standard InChI is InChI=1S/C16H12N2O4S/c19-18(20)16-10-17-15-9-5-4-8-13(15)14(16)11-23(21,22)12-6-2-1-3-7-12/h1-10H,11H2. The van der Waals surface area contributed by atoms with Crippen LogP contribution in [0, 0.1) is 10.1 Å². The van der Waals surface area contributed by atoms with Crippen molar-refractivity contribution in [2.75, 3.05) is 0 Å². The Labute approximate surface area is 132 Å². The maximum Gasteiger partial charge on any atom is 0.292 e. The summed E-state index contributed by atoms with van der Waals surface area (Å²) in [6.07, 6.45) is 1.11. The van der Waals surface area contributed by atoms with E-state index in [4.69, 9.17) is 0 Å². The first-order valence-corrected chi connectivity index (χ1v) is 8.43. The van der Waals surface area contributed by atoms with Gasteiger partial charge in [0, 0.05) is 5.39 Å². The van der Waals surface area contributed by atoms with Gasteiger partial charge in [0.2, 0.25) is 0 Å². The molecule has 0 aliphatic heterocycles. The van der Waals surface area contributed by atoms with Crippen molar-refractivity contribution in [2.45, 2.75) is 10.6 Å². The van der Waals surface area contributed by atoms with Crippen molar-refractivity contribution in [1.29, 1.82) is 0 Å². The molecule has 0 fully saturated rings. The number of hydrogen-bond donors (Lipinski definition) is 0. The normalized spacial score (nSPS) is 11.5. The molecular weight excluding hydrogens is 316 g/mol. The molecule has 0 spiro atoms. The molecule has 0 atom stereocenters. The van der Waals surface area contributed by atoms with Crippen molar-refractivity contribution in [3.05, 3.63) is 76.5 Å². The molecule has 1 heterocycles. The lowest BCUT2D eigenvalue weighted by atomic mass is 10.1. The van der Waals surface area contributed by atoms with Gasteiger partial charge in [-0.25, -0.2) is 13.4 Å². The molecule has 1 aromatic heterocycles. The topological polar surface area (TPSA) is 90.2 Å². The van der Waals surface area contributed by atoms with Crippen molar-refractivity contribution in [2.24, 2.45) is 0 Å². The lowest BCUT2D eigenvalue weighted by Gasteiger charge is -2.08. The van der Waals surface area contributed by atoms with Crippen molar-refractivity contribution in [3.8, 4) is 0 Å². The minimum atomic E-state index is -3.69. The Morgan fingerprint density at radius 2 is 1.65 bits per heavy atom. The second-order valence-corrected chi connectivity index (χ2v) is 6.96. The van der Waals surface area contributed by atoms with Crippen LogP contribution in [0.5, 0.6) is 0 Å². The van der Waals surface area contributed by atoms with Crippen LogP contribution in [0.4, 0.5) is 5.69 Å². The van der Waals surface area contributed by atoms with Gasteiger partial charge in [-0.2, -0.15) is 0 Å². The highest BCUT2D eigenvalue weighted by molar-refractivity contribution is 7.90. The van der Waals surface area contributed by atoms with Crippen LogP contribution in [0.1, 0.15) is 5.56 Å². The molecule has 0 radical (unpaired) electrons. The van der Waals surface area contributed by atoms with E-state index in [1.54, 1.807) is 42.5 Å². The summed E-state index contributed by atoms with van der Waals surface area (Å²) in [7, 11) is -3.69. The lowest BCUT2D eigenvalue weighted by molar-refractivity contribution is -0.385. The number of pyridine rings is 1. The highest BCUT2D eigenvalue weighted by atomic mass is 32.2. The zero-order valence-electron chi connectivity index (χ0n) is 11.9. The molecule has 7 heteroatoms. The minimum Gasteiger partial charge on any atom is -0.258 e. The summed E-state index contributed by atoms with van der Waals surface area (Å²) in [4.78, 5) is 14.8. The average Bonchev–Trinajstić information content (AvgIpc) is 2.55. The number of para-hydroxylation sites is 1. The third-order valence-corrected chi connectivity index (χ3v) is 5.16. The van der Waals surface area contributed by atoms with Crippen LogP contribution in [-0.4, -0.2) is 18.3 Å². The Kier molecular flexibility index (Phi) is 3.79. The highest BCUT2D eigenvalue weighted by Gasteiger charge is 2.24. The summed E-state index contributed by atoms with van der Waals surface area (Å²) >= 11 is 0. The fraction of sp³-hybridized carbons (Fsp3) is 0.0625. The first-order chi connectivity index (χ1) is 11.0. The zero-order chi connectivity index (χ0) is 16.4. The van der Waals surface area contributed by atoms with E-state index in [1.165, 1.54) is 12.1 Å². The van der Waals surface area contributed by atoms with E-state index in [2.05, 4.69) is 4.98 Å². The maximum absolute atomic E-state index is 12.6. The molecule has 0 unspecified atom stereocenters. The van der Waals surface area contributed by atoms with Crippen molar-refractivity contribution < 1.29 is 13.3 Å². The largest absolute Gasteiger partial charge is 0.292 e. The maximum atomic E-state index is 12.6. The number of sulfone groups is 1. The zero-order valence-corrected chi connectivity index (χ0v) is 12.7. The predicted molar refractivity (Wildman–Crippen MR) is 85.7 cm³/mol. The molecule has 116 valence electrons. The average molecular weight is 328 g/mol. The van der Waals surface area contributed by atoms with Gasteiger partial charge in [-0.05, 0) is 18.2 Å². The smallest absolute Gasteiger partial charge is 0.258 e. The number of fused-ring (bicyclic) bond motifs is 1. The van der Waals surface area contributed by atoms with Crippen molar-refractivity contribution in [3.63, 3.8) is 0 Å². The molecule has 3 rings (SSSR count). The van der Waals surface area contributed by atoms with Gasteiger partial charge in [-0.1, -0.05) is 36.4 Å². The molecule has 0 bridgehead atoms. The summed E-state index contributed by atoms with van der Waals surface area (Å²) in [6, 6.07) is 14.7. The number of rotatable bonds is 4. The lowest BCUT2D eigenvalue weighted by Crippen LogP contribution is -2.08. The summed E-state index contributed by atoms with van der Waals surface area (Å²) in [5.41, 5.74) is 0.393. The van der Waals surface area contributed by atoms with E-state index in [1.807, 2.05) is 0 Å². The SMILES string of the molecule is O=[N+]([O-])c1cnc2ccccc2c1CS(=O)(=O)c1ccccc1. The van der Waals surface area contributed by atoms with E-state index in [0.29, 0.717) is 10.9 Å². The Bertz CT molecular complexity index is 985. The van der Waals surface area contributed by atoms with Crippen LogP contribution in [0.25, 0.3) is 10.9 Å². The Morgan fingerprint density at radius 1 is 1.00 bits per heavy atom. The molecule has 0 amide bonds. The number of hydrogen-bond acceptors (Lipinski definition) is 5. The second-order valence-electron chi connectivity index (χ2n) is 4.97. The van der Waals surface area contributed by atoms with Crippen LogP contribution >= 0.6 is 0 Å². The summed E-state index contributed by atoms with van der Waals surface area (Å²) < 4.78 is 25.2. The Balaban J connectivity index is 2.19. The minimum absolute atomic E-state index is 0.134. The van der Waals surface area contributed by atoms with Crippen LogP contribution in [0.2, 0.25) is 0 Å². The summed E-state index contributed by atoms with van der Waals surface area (Å²) in [5, 5.41) is 11.7.